The van der Waals surface area contributed by atoms with Gasteiger partial charge in [0.2, 0.25) is 0 Å². The normalized spacial score (nSPS) is 11.8. The summed E-state index contributed by atoms with van der Waals surface area (Å²) in [6, 6.07) is 13.1. The van der Waals surface area contributed by atoms with Gasteiger partial charge in [-0.25, -0.2) is 4.79 Å². The first-order chi connectivity index (χ1) is 10.5. The van der Waals surface area contributed by atoms with Crippen LogP contribution >= 0.6 is 11.6 Å². The van der Waals surface area contributed by atoms with Gasteiger partial charge in [-0.3, -0.25) is 0 Å². The van der Waals surface area contributed by atoms with Crippen molar-refractivity contribution in [3.8, 4) is 0 Å². The number of aryl methyl sites for hydroxylation is 2. The summed E-state index contributed by atoms with van der Waals surface area (Å²) >= 11 is 5.84. The van der Waals surface area contributed by atoms with Crippen molar-refractivity contribution in [2.45, 2.75) is 33.2 Å². The molecule has 0 aliphatic heterocycles. The summed E-state index contributed by atoms with van der Waals surface area (Å²) in [5.74, 6) is 0. The molecule has 0 saturated carbocycles. The highest BCUT2D eigenvalue weighted by Crippen LogP contribution is 2.22. The summed E-state index contributed by atoms with van der Waals surface area (Å²) in [5, 5.41) is 6.50. The number of halogens is 1. The lowest BCUT2D eigenvalue weighted by Gasteiger charge is -2.20. The molecule has 0 bridgehead atoms. The van der Waals surface area contributed by atoms with Gasteiger partial charge in [-0.1, -0.05) is 42.3 Å². The maximum absolute atomic E-state index is 12.2. The Bertz CT molecular complexity index is 653. The molecule has 4 heteroatoms. The van der Waals surface area contributed by atoms with Crippen LogP contribution in [0.5, 0.6) is 0 Å². The van der Waals surface area contributed by atoms with Crippen molar-refractivity contribution in [3.63, 3.8) is 0 Å². The Morgan fingerprint density at radius 3 is 2.41 bits per heavy atom. The molecule has 0 saturated heterocycles. The number of carbonyl (C=O) groups is 1. The predicted octanol–water partition coefficient (Wildman–Crippen LogP) is 5.23. The minimum atomic E-state index is -0.214. The molecule has 0 radical (unpaired) electrons. The molecular formula is C18H21ClN2O. The fourth-order valence-electron chi connectivity index (χ4n) is 2.47. The van der Waals surface area contributed by atoms with Gasteiger partial charge in [-0.05, 0) is 55.7 Å². The number of rotatable bonds is 4. The number of amides is 2. The number of urea groups is 1. The molecule has 22 heavy (non-hydrogen) atoms. The monoisotopic (exact) mass is 316 g/mol. The van der Waals surface area contributed by atoms with E-state index in [4.69, 9.17) is 11.6 Å². The molecule has 2 rings (SSSR count). The zero-order valence-electron chi connectivity index (χ0n) is 13.1. The first-order valence-corrected chi connectivity index (χ1v) is 7.77. The molecule has 2 aromatic rings. The molecule has 2 amide bonds. The second-order valence-corrected chi connectivity index (χ2v) is 5.86. The van der Waals surface area contributed by atoms with Crippen molar-refractivity contribution in [1.29, 1.82) is 0 Å². The van der Waals surface area contributed by atoms with Crippen molar-refractivity contribution in [2.24, 2.45) is 0 Å². The summed E-state index contributed by atoms with van der Waals surface area (Å²) in [7, 11) is 0. The van der Waals surface area contributed by atoms with Crippen LogP contribution in [0.3, 0.4) is 0 Å². The standard InChI is InChI=1S/C18H21ClN2O/c1-4-17(16-10-5-12(2)11-13(16)3)21-18(22)20-15-8-6-14(19)7-9-15/h5-11,17H,4H2,1-3H3,(H2,20,21,22)/t17-/m0/s1. The molecule has 1 atom stereocenters. The van der Waals surface area contributed by atoms with Crippen molar-refractivity contribution < 1.29 is 4.79 Å². The SMILES string of the molecule is CC[C@H](NC(=O)Nc1ccc(Cl)cc1)c1ccc(C)cc1C. The molecule has 0 aliphatic rings. The highest BCUT2D eigenvalue weighted by atomic mass is 35.5. The van der Waals surface area contributed by atoms with Crippen LogP contribution in [0.25, 0.3) is 0 Å². The van der Waals surface area contributed by atoms with Crippen LogP contribution in [0.4, 0.5) is 10.5 Å². The third-order valence-electron chi connectivity index (χ3n) is 3.62. The topological polar surface area (TPSA) is 41.1 Å². The summed E-state index contributed by atoms with van der Waals surface area (Å²) < 4.78 is 0. The van der Waals surface area contributed by atoms with Gasteiger partial charge < -0.3 is 10.6 Å². The van der Waals surface area contributed by atoms with Crippen molar-refractivity contribution in [2.75, 3.05) is 5.32 Å². The Morgan fingerprint density at radius 2 is 1.82 bits per heavy atom. The van der Waals surface area contributed by atoms with Gasteiger partial charge in [0.05, 0.1) is 6.04 Å². The zero-order valence-corrected chi connectivity index (χ0v) is 13.9. The number of hydrogen-bond acceptors (Lipinski definition) is 1. The van der Waals surface area contributed by atoms with Gasteiger partial charge in [0.1, 0.15) is 0 Å². The van der Waals surface area contributed by atoms with E-state index in [1.807, 2.05) is 0 Å². The molecule has 0 aromatic heterocycles. The Kier molecular flexibility index (Phi) is 5.45. The maximum atomic E-state index is 12.2. The van der Waals surface area contributed by atoms with Crippen LogP contribution < -0.4 is 10.6 Å². The second kappa shape index (κ2) is 7.32. The lowest BCUT2D eigenvalue weighted by Crippen LogP contribution is -2.32. The molecule has 2 aromatic carbocycles. The molecule has 0 heterocycles. The lowest BCUT2D eigenvalue weighted by atomic mass is 9.98. The van der Waals surface area contributed by atoms with Gasteiger partial charge in [-0.15, -0.1) is 0 Å². The highest BCUT2D eigenvalue weighted by molar-refractivity contribution is 6.30. The quantitative estimate of drug-likeness (QED) is 0.796. The molecule has 0 aliphatic carbocycles. The van der Waals surface area contributed by atoms with Crippen molar-refractivity contribution >= 4 is 23.3 Å². The van der Waals surface area contributed by atoms with E-state index in [2.05, 4.69) is 49.6 Å². The fourth-order valence-corrected chi connectivity index (χ4v) is 2.60. The summed E-state index contributed by atoms with van der Waals surface area (Å²) in [4.78, 5) is 12.2. The van der Waals surface area contributed by atoms with Crippen molar-refractivity contribution in [1.82, 2.24) is 5.32 Å². The summed E-state index contributed by atoms with van der Waals surface area (Å²) in [6.07, 6.45) is 0.831. The van der Waals surface area contributed by atoms with Gasteiger partial charge in [0, 0.05) is 10.7 Å². The van der Waals surface area contributed by atoms with Gasteiger partial charge >= 0.3 is 6.03 Å². The third-order valence-corrected chi connectivity index (χ3v) is 3.87. The van der Waals surface area contributed by atoms with Gasteiger partial charge in [0.25, 0.3) is 0 Å². The number of carbonyl (C=O) groups excluding carboxylic acids is 1. The van der Waals surface area contributed by atoms with E-state index in [0.717, 1.165) is 17.7 Å². The van der Waals surface area contributed by atoms with E-state index in [1.165, 1.54) is 11.1 Å². The van der Waals surface area contributed by atoms with Crippen LogP contribution in [-0.2, 0) is 0 Å². The predicted molar refractivity (Wildman–Crippen MR) is 92.6 cm³/mol. The average molecular weight is 317 g/mol. The fraction of sp³-hybridized carbons (Fsp3) is 0.278. The smallest absolute Gasteiger partial charge is 0.319 e. The van der Waals surface area contributed by atoms with E-state index in [9.17, 15) is 4.79 Å². The Morgan fingerprint density at radius 1 is 1.14 bits per heavy atom. The van der Waals surface area contributed by atoms with E-state index < -0.39 is 0 Å². The average Bonchev–Trinajstić information content (AvgIpc) is 2.48. The Hall–Kier alpha value is -2.00. The molecule has 0 unspecified atom stereocenters. The van der Waals surface area contributed by atoms with E-state index in [-0.39, 0.29) is 12.1 Å². The Balaban J connectivity index is 2.06. The van der Waals surface area contributed by atoms with Crippen LogP contribution in [0.15, 0.2) is 42.5 Å². The Labute approximate surface area is 136 Å². The van der Waals surface area contributed by atoms with Crippen LogP contribution in [-0.4, -0.2) is 6.03 Å². The van der Waals surface area contributed by atoms with Crippen LogP contribution in [0.1, 0.15) is 36.1 Å². The zero-order chi connectivity index (χ0) is 16.1. The number of benzene rings is 2. The lowest BCUT2D eigenvalue weighted by molar-refractivity contribution is 0.248. The minimum Gasteiger partial charge on any atom is -0.331 e. The second-order valence-electron chi connectivity index (χ2n) is 5.43. The number of hydrogen-bond donors (Lipinski definition) is 2. The van der Waals surface area contributed by atoms with Crippen LogP contribution in [0, 0.1) is 13.8 Å². The minimum absolute atomic E-state index is 0.00657. The molecular weight excluding hydrogens is 296 g/mol. The third kappa shape index (κ3) is 4.25. The van der Waals surface area contributed by atoms with E-state index in [1.54, 1.807) is 24.3 Å². The molecule has 0 fully saturated rings. The summed E-state index contributed by atoms with van der Waals surface area (Å²) in [6.45, 7) is 6.20. The molecule has 3 nitrogen and oxygen atoms in total. The van der Waals surface area contributed by atoms with Gasteiger partial charge in [-0.2, -0.15) is 0 Å². The number of nitrogens with one attached hydrogen (secondary N) is 2. The first kappa shape index (κ1) is 16.4. The highest BCUT2D eigenvalue weighted by Gasteiger charge is 2.14. The van der Waals surface area contributed by atoms with E-state index >= 15 is 0 Å². The summed E-state index contributed by atoms with van der Waals surface area (Å²) in [5.41, 5.74) is 4.29. The van der Waals surface area contributed by atoms with Crippen LogP contribution in [0.2, 0.25) is 5.02 Å². The number of anilines is 1. The molecule has 2 N–H and O–H groups in total. The van der Waals surface area contributed by atoms with E-state index in [0.29, 0.717) is 5.02 Å². The first-order valence-electron chi connectivity index (χ1n) is 7.40. The molecule has 0 spiro atoms. The largest absolute Gasteiger partial charge is 0.331 e. The van der Waals surface area contributed by atoms with Gasteiger partial charge in [0.15, 0.2) is 0 Å². The maximum Gasteiger partial charge on any atom is 0.319 e. The molecule has 116 valence electrons. The van der Waals surface area contributed by atoms with Crippen molar-refractivity contribution in [3.05, 3.63) is 64.2 Å².